The van der Waals surface area contributed by atoms with Crippen molar-refractivity contribution in [2.24, 2.45) is 0 Å². The van der Waals surface area contributed by atoms with Crippen LogP contribution in [-0.2, 0) is 16.6 Å². The lowest BCUT2D eigenvalue weighted by atomic mass is 9.76. The highest BCUT2D eigenvalue weighted by Gasteiger charge is 2.62. The summed E-state index contributed by atoms with van der Waals surface area (Å²) < 4.78 is 5.31. The highest BCUT2D eigenvalue weighted by molar-refractivity contribution is 9.10. The van der Waals surface area contributed by atoms with E-state index >= 15 is 0 Å². The molecule has 6 rings (SSSR count). The molecule has 3 aliphatic rings. The summed E-state index contributed by atoms with van der Waals surface area (Å²) >= 11 is 3.50. The van der Waals surface area contributed by atoms with E-state index in [1.807, 2.05) is 13.0 Å². The molecule has 0 saturated heterocycles. The molecule has 41 heavy (non-hydrogen) atoms. The fourth-order valence-corrected chi connectivity index (χ4v) is 6.87. The summed E-state index contributed by atoms with van der Waals surface area (Å²) in [4.78, 5) is 69.8. The molecule has 1 atom stereocenters. The van der Waals surface area contributed by atoms with Crippen LogP contribution in [0.3, 0.4) is 0 Å². The summed E-state index contributed by atoms with van der Waals surface area (Å²) in [6, 6.07) is 1.64. The Hall–Kier alpha value is -4.77. The number of aromatic nitrogens is 1. The molecule has 11 heteroatoms. The molecule has 0 amide bonds. The van der Waals surface area contributed by atoms with Gasteiger partial charge in [0.05, 0.1) is 34.7 Å². The first kappa shape index (κ1) is 26.5. The third-order valence-corrected chi connectivity index (χ3v) is 8.85. The first-order chi connectivity index (χ1) is 19.5. The van der Waals surface area contributed by atoms with E-state index in [-0.39, 0.29) is 23.8 Å². The van der Waals surface area contributed by atoms with Gasteiger partial charge in [0, 0.05) is 27.2 Å². The number of aromatic amines is 1. The van der Waals surface area contributed by atoms with Crippen LogP contribution in [0.4, 0.5) is 0 Å². The summed E-state index contributed by atoms with van der Waals surface area (Å²) in [5.41, 5.74) is -4.59. The second kappa shape index (κ2) is 8.87. The van der Waals surface area contributed by atoms with Gasteiger partial charge in [0.2, 0.25) is 5.78 Å². The fraction of sp³-hybridized carbons (Fsp3) is 0.167. The van der Waals surface area contributed by atoms with Crippen molar-refractivity contribution in [1.29, 1.82) is 0 Å². The van der Waals surface area contributed by atoms with Gasteiger partial charge in [-0.3, -0.25) is 24.0 Å². The number of hydrogen-bond acceptors (Lipinski definition) is 9. The number of phenols is 3. The number of carbonyl (C=O) groups is 4. The molecule has 0 saturated carbocycles. The van der Waals surface area contributed by atoms with Crippen molar-refractivity contribution in [3.8, 4) is 17.2 Å². The normalized spacial score (nSPS) is 19.5. The number of phenolic OH excluding ortho intramolecular Hbond substituents is 3. The van der Waals surface area contributed by atoms with Gasteiger partial charge in [0.25, 0.3) is 5.56 Å². The maximum absolute atomic E-state index is 14.1. The standard InChI is InChI=1S/C30H20BrNO9/c1-3-4-5-6-11-9-13-16(29(40)32-11)26(37)21-12(22(13)31)7-8-30(21)27(38)19-20(28(30)39)25(36)18-17(24(19)35)14(33)10-15(41-2)23(18)34/h3-6,9-10,35-37H,7-8H2,1-2H3,(H,32,40)/b4-3+,6-5+/t30-/m0/s1. The molecule has 3 aromatic rings. The van der Waals surface area contributed by atoms with Crippen LogP contribution in [0.25, 0.3) is 16.8 Å². The summed E-state index contributed by atoms with van der Waals surface area (Å²) in [6.07, 6.45) is 7.75. The lowest BCUT2D eigenvalue weighted by Gasteiger charge is -2.23. The number of halogens is 1. The number of rotatable bonds is 3. The Morgan fingerprint density at radius 1 is 0.951 bits per heavy atom. The van der Waals surface area contributed by atoms with E-state index in [2.05, 4.69) is 20.9 Å². The lowest BCUT2D eigenvalue weighted by molar-refractivity contribution is 0.0790. The molecule has 0 fully saturated rings. The molecule has 2 aromatic carbocycles. The Kier molecular flexibility index (Phi) is 5.72. The zero-order valence-electron chi connectivity index (χ0n) is 21.5. The van der Waals surface area contributed by atoms with Gasteiger partial charge in [-0.25, -0.2) is 0 Å². The van der Waals surface area contributed by atoms with E-state index in [1.54, 1.807) is 24.3 Å². The van der Waals surface area contributed by atoms with Gasteiger partial charge in [0.1, 0.15) is 22.7 Å². The highest BCUT2D eigenvalue weighted by atomic mass is 79.9. The van der Waals surface area contributed by atoms with Crippen LogP contribution < -0.4 is 5.56 Å². The van der Waals surface area contributed by atoms with E-state index in [9.17, 15) is 39.3 Å². The zero-order chi connectivity index (χ0) is 29.5. The third-order valence-electron chi connectivity index (χ3n) is 7.94. The third kappa shape index (κ3) is 3.20. The molecule has 1 aromatic heterocycles. The van der Waals surface area contributed by atoms with Crippen LogP contribution in [0.2, 0.25) is 0 Å². The number of ether oxygens (including phenoxy) is 1. The number of allylic oxidation sites excluding steroid dienone is 5. The van der Waals surface area contributed by atoms with Crippen LogP contribution in [0.1, 0.15) is 71.6 Å². The molecule has 1 spiro atoms. The van der Waals surface area contributed by atoms with Gasteiger partial charge in [-0.2, -0.15) is 0 Å². The van der Waals surface area contributed by atoms with Crippen molar-refractivity contribution in [1.82, 2.24) is 4.98 Å². The molecule has 0 radical (unpaired) electrons. The van der Waals surface area contributed by atoms with Crippen molar-refractivity contribution in [2.45, 2.75) is 25.2 Å². The summed E-state index contributed by atoms with van der Waals surface area (Å²) in [6.45, 7) is 1.84. The monoisotopic (exact) mass is 617 g/mol. The van der Waals surface area contributed by atoms with Crippen LogP contribution in [0, 0.1) is 0 Å². The van der Waals surface area contributed by atoms with Gasteiger partial charge < -0.3 is 25.0 Å². The predicted octanol–water partition coefficient (Wildman–Crippen LogP) is 4.17. The summed E-state index contributed by atoms with van der Waals surface area (Å²) in [7, 11) is 1.14. The van der Waals surface area contributed by atoms with Gasteiger partial charge in [0.15, 0.2) is 23.1 Å². The molecule has 1 heterocycles. The minimum Gasteiger partial charge on any atom is -0.507 e. The predicted molar refractivity (Wildman–Crippen MR) is 150 cm³/mol. The highest BCUT2D eigenvalue weighted by Crippen LogP contribution is 2.58. The molecular formula is C30H20BrNO9. The van der Waals surface area contributed by atoms with E-state index in [1.165, 1.54) is 0 Å². The molecule has 0 bridgehead atoms. The van der Waals surface area contributed by atoms with Crippen LogP contribution in [-0.4, -0.2) is 50.5 Å². The number of H-pyrrole nitrogens is 1. The van der Waals surface area contributed by atoms with Crippen LogP contribution in [0.15, 0.2) is 45.4 Å². The Bertz CT molecular complexity index is 1980. The largest absolute Gasteiger partial charge is 0.507 e. The molecule has 3 aliphatic carbocycles. The zero-order valence-corrected chi connectivity index (χ0v) is 23.1. The molecule has 0 unspecified atom stereocenters. The minimum atomic E-state index is -2.11. The number of pyridine rings is 1. The number of Topliss-reactive ketones (excluding diaryl/α,β-unsaturated/α-hetero) is 3. The van der Waals surface area contributed by atoms with Crippen molar-refractivity contribution < 1.29 is 39.2 Å². The number of hydrogen-bond donors (Lipinski definition) is 4. The Labute approximate surface area is 239 Å². The first-order valence-electron chi connectivity index (χ1n) is 12.5. The Morgan fingerprint density at radius 2 is 1.61 bits per heavy atom. The molecule has 0 aliphatic heterocycles. The number of fused-ring (bicyclic) bond motifs is 5. The SMILES string of the molecule is C/C=C/C=C/c1cc2c(Br)c3c(c(O)c2c(=O)[nH]1)[C@@]1(CC3)C(=O)c2c(O)c3c(c(O)c2C1=O)C(=O)C(OC)=CC3=O. The molecular weight excluding hydrogens is 598 g/mol. The quantitative estimate of drug-likeness (QED) is 0.191. The van der Waals surface area contributed by atoms with E-state index in [0.29, 0.717) is 21.1 Å². The number of aromatic hydroxyl groups is 3. The minimum absolute atomic E-state index is 0.121. The molecule has 206 valence electrons. The van der Waals surface area contributed by atoms with E-state index in [4.69, 9.17) is 4.74 Å². The van der Waals surface area contributed by atoms with Crippen LogP contribution in [0.5, 0.6) is 17.2 Å². The Morgan fingerprint density at radius 3 is 2.24 bits per heavy atom. The van der Waals surface area contributed by atoms with Gasteiger partial charge in [-0.05, 0) is 53.4 Å². The lowest BCUT2D eigenvalue weighted by Crippen LogP contribution is -2.36. The van der Waals surface area contributed by atoms with Gasteiger partial charge in [-0.1, -0.05) is 18.2 Å². The first-order valence-corrected chi connectivity index (χ1v) is 13.3. The van der Waals surface area contributed by atoms with Crippen molar-refractivity contribution in [3.63, 3.8) is 0 Å². The maximum Gasteiger partial charge on any atom is 0.260 e. The average molecular weight is 618 g/mol. The van der Waals surface area contributed by atoms with Crippen molar-refractivity contribution in [2.75, 3.05) is 7.11 Å². The number of methoxy groups -OCH3 is 1. The maximum atomic E-state index is 14.1. The second-order valence-corrected chi connectivity index (χ2v) is 10.7. The average Bonchev–Trinajstić information content (AvgIpc) is 3.45. The van der Waals surface area contributed by atoms with E-state index in [0.717, 1.165) is 13.2 Å². The van der Waals surface area contributed by atoms with E-state index < -0.39 is 79.4 Å². The van der Waals surface area contributed by atoms with Crippen molar-refractivity contribution >= 4 is 55.9 Å². The summed E-state index contributed by atoms with van der Waals surface area (Å²) in [5, 5.41) is 33.9. The van der Waals surface area contributed by atoms with Gasteiger partial charge >= 0.3 is 0 Å². The topological polar surface area (TPSA) is 171 Å². The summed E-state index contributed by atoms with van der Waals surface area (Å²) in [5.74, 6) is -6.64. The molecule has 4 N–H and O–H groups in total. The molecule has 10 nitrogen and oxygen atoms in total. The number of ketones is 4. The fourth-order valence-electron chi connectivity index (χ4n) is 6.16. The smallest absolute Gasteiger partial charge is 0.260 e. The van der Waals surface area contributed by atoms with Gasteiger partial charge in [-0.15, -0.1) is 0 Å². The second-order valence-electron chi connectivity index (χ2n) is 9.91. The van der Waals surface area contributed by atoms with Crippen molar-refractivity contribution in [3.05, 3.63) is 90.0 Å². The van der Waals surface area contributed by atoms with Crippen LogP contribution >= 0.6 is 15.9 Å². The number of benzene rings is 2. The number of nitrogens with one attached hydrogen (secondary N) is 1. The number of carbonyl (C=O) groups excluding carboxylic acids is 4. The Balaban J connectivity index is 1.62.